The topological polar surface area (TPSA) is 57.5 Å². The lowest BCUT2D eigenvalue weighted by atomic mass is 9.46. The summed E-state index contributed by atoms with van der Waals surface area (Å²) in [6.45, 7) is 6.41. The van der Waals surface area contributed by atoms with Crippen molar-refractivity contribution in [3.8, 4) is 0 Å². The van der Waals surface area contributed by atoms with Gasteiger partial charge in [-0.2, -0.15) is 0 Å². The third-order valence-electron chi connectivity index (χ3n) is 8.63. The Hall–Kier alpha value is -0.670. The molecule has 3 saturated carbocycles. The third kappa shape index (κ3) is 1.87. The summed E-state index contributed by atoms with van der Waals surface area (Å²) in [5, 5.41) is 21.4. The van der Waals surface area contributed by atoms with Crippen molar-refractivity contribution in [3.05, 3.63) is 11.6 Å². The molecule has 0 saturated heterocycles. The number of carbonyl (C=O) groups excluding carboxylic acids is 1. The summed E-state index contributed by atoms with van der Waals surface area (Å²) in [6, 6.07) is 0. The molecule has 0 aliphatic heterocycles. The fraction of sp³-hybridized carbons (Fsp3) is 0.850. The van der Waals surface area contributed by atoms with Crippen molar-refractivity contribution in [2.45, 2.75) is 77.4 Å². The van der Waals surface area contributed by atoms with Crippen LogP contribution in [0.3, 0.4) is 0 Å². The van der Waals surface area contributed by atoms with Crippen molar-refractivity contribution < 1.29 is 15.0 Å². The maximum absolute atomic E-state index is 11.8. The number of carbonyl (C=O) groups is 1. The zero-order valence-electron chi connectivity index (χ0n) is 14.6. The number of hydrogen-bond donors (Lipinski definition) is 2. The Morgan fingerprint density at radius 2 is 1.83 bits per heavy atom. The molecule has 0 bridgehead atoms. The molecule has 3 heteroatoms. The van der Waals surface area contributed by atoms with Crippen LogP contribution < -0.4 is 0 Å². The molecule has 2 N–H and O–H groups in total. The fourth-order valence-corrected chi connectivity index (χ4v) is 6.79. The summed E-state index contributed by atoms with van der Waals surface area (Å²) in [5.41, 5.74) is 0.402. The molecular weight excluding hydrogens is 288 g/mol. The Labute approximate surface area is 139 Å². The van der Waals surface area contributed by atoms with E-state index in [1.54, 1.807) is 0 Å². The molecule has 4 rings (SSSR count). The SMILES string of the molecule is CC1(O)C(O)C[C@H]2[C@@H]3CCC4=CC(=O)CC[C@]4(C)[C@H]3CC[C@@]21C. The zero-order chi connectivity index (χ0) is 16.6. The highest BCUT2D eigenvalue weighted by Gasteiger charge is 2.65. The van der Waals surface area contributed by atoms with Gasteiger partial charge in [0.1, 0.15) is 0 Å². The van der Waals surface area contributed by atoms with Gasteiger partial charge in [-0.3, -0.25) is 4.79 Å². The molecule has 3 nitrogen and oxygen atoms in total. The first kappa shape index (κ1) is 15.8. The van der Waals surface area contributed by atoms with Gasteiger partial charge in [0.15, 0.2) is 5.78 Å². The fourth-order valence-electron chi connectivity index (χ4n) is 6.79. The van der Waals surface area contributed by atoms with Gasteiger partial charge in [0.25, 0.3) is 0 Å². The minimum absolute atomic E-state index is 0.164. The lowest BCUT2D eigenvalue weighted by Gasteiger charge is -2.58. The van der Waals surface area contributed by atoms with Crippen LogP contribution >= 0.6 is 0 Å². The Bertz CT molecular complexity index is 577. The van der Waals surface area contributed by atoms with Crippen LogP contribution in [-0.4, -0.2) is 27.7 Å². The molecule has 3 fully saturated rings. The number of aliphatic hydroxyl groups excluding tert-OH is 1. The summed E-state index contributed by atoms with van der Waals surface area (Å²) in [7, 11) is 0. The summed E-state index contributed by atoms with van der Waals surface area (Å²) in [6.07, 6.45) is 7.98. The lowest BCUT2D eigenvalue weighted by Crippen LogP contribution is -2.55. The van der Waals surface area contributed by atoms with Crippen molar-refractivity contribution in [1.82, 2.24) is 0 Å². The van der Waals surface area contributed by atoms with Crippen molar-refractivity contribution in [3.63, 3.8) is 0 Å². The number of rotatable bonds is 0. The van der Waals surface area contributed by atoms with E-state index >= 15 is 0 Å². The first-order chi connectivity index (χ1) is 10.7. The molecule has 0 aromatic rings. The van der Waals surface area contributed by atoms with E-state index in [4.69, 9.17) is 0 Å². The van der Waals surface area contributed by atoms with Gasteiger partial charge in [0, 0.05) is 11.8 Å². The molecule has 0 aromatic carbocycles. The molecule has 0 heterocycles. The van der Waals surface area contributed by atoms with Crippen LogP contribution in [0.15, 0.2) is 11.6 Å². The van der Waals surface area contributed by atoms with Gasteiger partial charge in [0.05, 0.1) is 11.7 Å². The van der Waals surface area contributed by atoms with Crippen LogP contribution in [0.5, 0.6) is 0 Å². The quantitative estimate of drug-likeness (QED) is 0.721. The molecule has 7 atom stereocenters. The Balaban J connectivity index is 1.71. The Morgan fingerprint density at radius 1 is 1.09 bits per heavy atom. The molecule has 128 valence electrons. The highest BCUT2D eigenvalue weighted by atomic mass is 16.3. The number of fused-ring (bicyclic) bond motifs is 5. The molecule has 0 spiro atoms. The Kier molecular flexibility index (Phi) is 3.23. The van der Waals surface area contributed by atoms with Crippen molar-refractivity contribution >= 4 is 5.78 Å². The van der Waals surface area contributed by atoms with Crippen LogP contribution in [-0.2, 0) is 4.79 Å². The highest BCUT2D eigenvalue weighted by molar-refractivity contribution is 5.91. The van der Waals surface area contributed by atoms with E-state index in [2.05, 4.69) is 13.8 Å². The highest BCUT2D eigenvalue weighted by Crippen LogP contribution is 2.67. The zero-order valence-corrected chi connectivity index (χ0v) is 14.6. The monoisotopic (exact) mass is 318 g/mol. The molecular formula is C20H30O3. The second-order valence-corrected chi connectivity index (χ2v) is 9.32. The van der Waals surface area contributed by atoms with Gasteiger partial charge in [-0.1, -0.05) is 19.4 Å². The standard InChI is InChI=1S/C20H30O3/c1-18-8-6-13(21)10-12(18)4-5-14-15(18)7-9-19(2)16(14)11-17(22)20(19,3)23/h10,14-17,22-23H,4-9,11H2,1-3H3/t14-,15+,16+,17?,18+,19+,20?/m1/s1. The molecule has 4 aliphatic carbocycles. The molecule has 0 radical (unpaired) electrons. The van der Waals surface area contributed by atoms with E-state index in [1.165, 1.54) is 5.57 Å². The first-order valence-electron chi connectivity index (χ1n) is 9.34. The average molecular weight is 318 g/mol. The first-order valence-corrected chi connectivity index (χ1v) is 9.34. The van der Waals surface area contributed by atoms with E-state index < -0.39 is 11.7 Å². The second kappa shape index (κ2) is 4.70. The summed E-state index contributed by atoms with van der Waals surface area (Å²) in [4.78, 5) is 11.8. The molecule has 4 aliphatic rings. The summed E-state index contributed by atoms with van der Waals surface area (Å²) in [5.74, 6) is 1.89. The number of aliphatic hydroxyl groups is 2. The van der Waals surface area contributed by atoms with Crippen LogP contribution in [0.25, 0.3) is 0 Å². The second-order valence-electron chi connectivity index (χ2n) is 9.32. The largest absolute Gasteiger partial charge is 0.390 e. The molecule has 0 aromatic heterocycles. The molecule has 0 amide bonds. The maximum Gasteiger partial charge on any atom is 0.155 e. The van der Waals surface area contributed by atoms with Gasteiger partial charge in [-0.15, -0.1) is 0 Å². The lowest BCUT2D eigenvalue weighted by molar-refractivity contribution is -0.143. The van der Waals surface area contributed by atoms with E-state index in [0.29, 0.717) is 30.0 Å². The normalized spacial score (nSPS) is 55.7. The summed E-state index contributed by atoms with van der Waals surface area (Å²) < 4.78 is 0. The van der Waals surface area contributed by atoms with E-state index in [1.807, 2.05) is 13.0 Å². The maximum atomic E-state index is 11.8. The Morgan fingerprint density at radius 3 is 2.57 bits per heavy atom. The van der Waals surface area contributed by atoms with Gasteiger partial charge in [0.2, 0.25) is 0 Å². The number of ketones is 1. The van der Waals surface area contributed by atoms with Gasteiger partial charge in [-0.05, 0) is 74.7 Å². The number of allylic oxidation sites excluding steroid dienone is 1. The van der Waals surface area contributed by atoms with Gasteiger partial charge >= 0.3 is 0 Å². The van der Waals surface area contributed by atoms with Crippen LogP contribution in [0, 0.1) is 28.6 Å². The molecule has 23 heavy (non-hydrogen) atoms. The van der Waals surface area contributed by atoms with Crippen molar-refractivity contribution in [2.24, 2.45) is 28.6 Å². The van der Waals surface area contributed by atoms with Crippen molar-refractivity contribution in [2.75, 3.05) is 0 Å². The minimum Gasteiger partial charge on any atom is -0.390 e. The third-order valence-corrected chi connectivity index (χ3v) is 8.63. The van der Waals surface area contributed by atoms with Gasteiger partial charge in [-0.25, -0.2) is 0 Å². The van der Waals surface area contributed by atoms with E-state index in [9.17, 15) is 15.0 Å². The predicted octanol–water partition coefficient (Wildman–Crippen LogP) is 3.24. The molecule has 2 unspecified atom stereocenters. The van der Waals surface area contributed by atoms with Crippen LogP contribution in [0.4, 0.5) is 0 Å². The van der Waals surface area contributed by atoms with E-state index in [0.717, 1.165) is 38.5 Å². The summed E-state index contributed by atoms with van der Waals surface area (Å²) >= 11 is 0. The van der Waals surface area contributed by atoms with Crippen LogP contribution in [0.2, 0.25) is 0 Å². The minimum atomic E-state index is -0.970. The van der Waals surface area contributed by atoms with E-state index in [-0.39, 0.29) is 10.8 Å². The number of hydrogen-bond acceptors (Lipinski definition) is 3. The van der Waals surface area contributed by atoms with Crippen LogP contribution in [0.1, 0.15) is 65.7 Å². The smallest absolute Gasteiger partial charge is 0.155 e. The predicted molar refractivity (Wildman–Crippen MR) is 88.7 cm³/mol. The average Bonchev–Trinajstić information content (AvgIpc) is 2.67. The van der Waals surface area contributed by atoms with Crippen molar-refractivity contribution in [1.29, 1.82) is 0 Å². The van der Waals surface area contributed by atoms with Gasteiger partial charge < -0.3 is 10.2 Å².